The number of alkyl halides is 3. The van der Waals surface area contributed by atoms with E-state index < -0.39 is 34.6 Å². The molecule has 0 aliphatic rings. The van der Waals surface area contributed by atoms with Crippen LogP contribution in [0.5, 0.6) is 0 Å². The van der Waals surface area contributed by atoms with Crippen LogP contribution in [0.2, 0.25) is 0 Å². The van der Waals surface area contributed by atoms with Crippen LogP contribution in [0.25, 0.3) is 27.8 Å². The molecule has 5 rings (SSSR count). The standard InChI is InChI=1S/C28H24F4N6O2/c1-37-11-9-24(35-37)20-14-21(23(29)15-22(20)28(30,31)32)27(40)34-26-19-8-7-17(16-33-10-12-39)13-25(19)36-38(26)18-5-3-2-4-6-18/h2-9,11,13-15,33,39H,10,12,16H2,1H3,(H,34,40). The van der Waals surface area contributed by atoms with Gasteiger partial charge in [0, 0.05) is 37.3 Å². The van der Waals surface area contributed by atoms with E-state index in [4.69, 9.17) is 5.11 Å². The van der Waals surface area contributed by atoms with Crippen LogP contribution >= 0.6 is 0 Å². The van der Waals surface area contributed by atoms with Crippen LogP contribution in [0, 0.1) is 5.82 Å². The fraction of sp³-hybridized carbons (Fsp3) is 0.179. The summed E-state index contributed by atoms with van der Waals surface area (Å²) in [7, 11) is 1.54. The number of para-hydroxylation sites is 1. The summed E-state index contributed by atoms with van der Waals surface area (Å²) in [6.45, 7) is 0.879. The molecule has 0 spiro atoms. The summed E-state index contributed by atoms with van der Waals surface area (Å²) in [5.41, 5.74) is -0.257. The van der Waals surface area contributed by atoms with Gasteiger partial charge in [0.25, 0.3) is 5.91 Å². The van der Waals surface area contributed by atoms with Crippen molar-refractivity contribution in [2.24, 2.45) is 7.05 Å². The van der Waals surface area contributed by atoms with Crippen molar-refractivity contribution in [1.82, 2.24) is 24.9 Å². The quantitative estimate of drug-likeness (QED) is 0.188. The van der Waals surface area contributed by atoms with E-state index in [9.17, 15) is 18.0 Å². The van der Waals surface area contributed by atoms with Gasteiger partial charge in [0.15, 0.2) is 0 Å². The number of rotatable bonds is 8. The van der Waals surface area contributed by atoms with Crippen molar-refractivity contribution in [2.75, 3.05) is 18.5 Å². The Morgan fingerprint density at radius 1 is 1.02 bits per heavy atom. The Morgan fingerprint density at radius 3 is 2.48 bits per heavy atom. The minimum Gasteiger partial charge on any atom is -0.395 e. The molecule has 0 aliphatic heterocycles. The van der Waals surface area contributed by atoms with Crippen molar-refractivity contribution in [2.45, 2.75) is 12.7 Å². The number of hydrogen-bond donors (Lipinski definition) is 3. The molecule has 0 radical (unpaired) electrons. The second-order valence-corrected chi connectivity index (χ2v) is 9.05. The highest BCUT2D eigenvalue weighted by Gasteiger charge is 2.36. The fourth-order valence-corrected chi connectivity index (χ4v) is 4.36. The molecule has 2 heterocycles. The maximum absolute atomic E-state index is 15.1. The first kappa shape index (κ1) is 27.0. The lowest BCUT2D eigenvalue weighted by Crippen LogP contribution is -2.18. The molecular weight excluding hydrogens is 528 g/mol. The number of halogens is 4. The highest BCUT2D eigenvalue weighted by Crippen LogP contribution is 2.38. The monoisotopic (exact) mass is 552 g/mol. The normalized spacial score (nSPS) is 11.8. The van der Waals surface area contributed by atoms with E-state index in [2.05, 4.69) is 20.8 Å². The minimum absolute atomic E-state index is 0.0103. The summed E-state index contributed by atoms with van der Waals surface area (Å²) < 4.78 is 59.2. The molecule has 0 saturated heterocycles. The number of aromatic nitrogens is 4. The molecule has 0 atom stereocenters. The number of aryl methyl sites for hydroxylation is 1. The maximum Gasteiger partial charge on any atom is 0.417 e. The Hall–Kier alpha value is -4.55. The number of fused-ring (bicyclic) bond motifs is 1. The zero-order valence-electron chi connectivity index (χ0n) is 21.2. The Morgan fingerprint density at radius 2 is 1.80 bits per heavy atom. The average Bonchev–Trinajstić information content (AvgIpc) is 3.52. The number of nitrogens with zero attached hydrogens (tertiary/aromatic N) is 4. The molecule has 0 saturated carbocycles. The van der Waals surface area contributed by atoms with Gasteiger partial charge in [0.1, 0.15) is 11.6 Å². The molecule has 5 aromatic rings. The number of amides is 1. The summed E-state index contributed by atoms with van der Waals surface area (Å²) in [6.07, 6.45) is -3.41. The number of benzene rings is 3. The molecule has 3 aromatic carbocycles. The summed E-state index contributed by atoms with van der Waals surface area (Å²) >= 11 is 0. The molecule has 8 nitrogen and oxygen atoms in total. The van der Waals surface area contributed by atoms with Gasteiger partial charge in [-0.1, -0.05) is 24.3 Å². The summed E-state index contributed by atoms with van der Waals surface area (Å²) in [6, 6.07) is 16.8. The van der Waals surface area contributed by atoms with Gasteiger partial charge in [-0.15, -0.1) is 0 Å². The van der Waals surface area contributed by atoms with E-state index in [1.54, 1.807) is 30.3 Å². The van der Waals surface area contributed by atoms with Gasteiger partial charge in [-0.25, -0.2) is 9.07 Å². The maximum atomic E-state index is 15.1. The van der Waals surface area contributed by atoms with E-state index >= 15 is 4.39 Å². The Balaban J connectivity index is 1.58. The van der Waals surface area contributed by atoms with Crippen molar-refractivity contribution in [3.05, 3.63) is 95.4 Å². The third-order valence-electron chi connectivity index (χ3n) is 6.23. The lowest BCUT2D eigenvalue weighted by atomic mass is 9.99. The molecule has 0 fully saturated rings. The SMILES string of the molecule is Cn1ccc(-c2cc(C(=O)Nc3c4ccc(CNCCO)cc4nn3-c3ccccc3)c(F)cc2C(F)(F)F)n1. The molecule has 2 aromatic heterocycles. The zero-order chi connectivity index (χ0) is 28.4. The molecule has 12 heteroatoms. The van der Waals surface area contributed by atoms with E-state index in [-0.39, 0.29) is 18.1 Å². The minimum atomic E-state index is -4.87. The number of aliphatic hydroxyl groups is 1. The highest BCUT2D eigenvalue weighted by molar-refractivity contribution is 6.09. The van der Waals surface area contributed by atoms with Crippen LogP contribution in [0.1, 0.15) is 21.5 Å². The van der Waals surface area contributed by atoms with Crippen LogP contribution < -0.4 is 10.6 Å². The van der Waals surface area contributed by atoms with E-state index in [1.807, 2.05) is 18.2 Å². The van der Waals surface area contributed by atoms with Gasteiger partial charge in [-0.05, 0) is 48.0 Å². The average molecular weight is 553 g/mol. The molecule has 0 bridgehead atoms. The summed E-state index contributed by atoms with van der Waals surface area (Å²) in [4.78, 5) is 13.4. The number of anilines is 1. The smallest absolute Gasteiger partial charge is 0.395 e. The molecule has 3 N–H and O–H groups in total. The molecular formula is C28H24F4N6O2. The van der Waals surface area contributed by atoms with E-state index in [1.165, 1.54) is 28.7 Å². The molecule has 0 unspecified atom stereocenters. The Kier molecular flexibility index (Phi) is 7.37. The number of hydrogen-bond acceptors (Lipinski definition) is 5. The van der Waals surface area contributed by atoms with Crippen LogP contribution in [-0.2, 0) is 19.8 Å². The van der Waals surface area contributed by atoms with Crippen LogP contribution in [-0.4, -0.2) is 43.7 Å². The Bertz CT molecular complexity index is 1680. The topological polar surface area (TPSA) is 97.0 Å². The Labute approximate surface area is 225 Å². The lowest BCUT2D eigenvalue weighted by Gasteiger charge is -2.15. The second-order valence-electron chi connectivity index (χ2n) is 9.05. The summed E-state index contributed by atoms with van der Waals surface area (Å²) in [5.74, 6) is -2.05. The number of carbonyl (C=O) groups excluding carboxylic acids is 1. The van der Waals surface area contributed by atoms with Gasteiger partial charge in [0.05, 0.1) is 34.6 Å². The van der Waals surface area contributed by atoms with Gasteiger partial charge in [-0.3, -0.25) is 9.48 Å². The molecule has 1 amide bonds. The van der Waals surface area contributed by atoms with Gasteiger partial charge < -0.3 is 15.7 Å². The van der Waals surface area contributed by atoms with Crippen LogP contribution in [0.15, 0.2) is 72.9 Å². The first-order chi connectivity index (χ1) is 19.2. The fourth-order valence-electron chi connectivity index (χ4n) is 4.36. The zero-order valence-corrected chi connectivity index (χ0v) is 21.2. The molecule has 40 heavy (non-hydrogen) atoms. The predicted octanol–water partition coefficient (Wildman–Crippen LogP) is 4.92. The van der Waals surface area contributed by atoms with Crippen molar-refractivity contribution in [3.63, 3.8) is 0 Å². The lowest BCUT2D eigenvalue weighted by molar-refractivity contribution is -0.137. The predicted molar refractivity (Wildman–Crippen MR) is 141 cm³/mol. The van der Waals surface area contributed by atoms with Crippen molar-refractivity contribution >= 4 is 22.6 Å². The highest BCUT2D eigenvalue weighted by atomic mass is 19.4. The number of carbonyl (C=O) groups is 1. The molecule has 206 valence electrons. The van der Waals surface area contributed by atoms with Crippen molar-refractivity contribution in [3.8, 4) is 16.9 Å². The van der Waals surface area contributed by atoms with Crippen molar-refractivity contribution in [1.29, 1.82) is 0 Å². The first-order valence-corrected chi connectivity index (χ1v) is 12.3. The number of aliphatic hydroxyl groups excluding tert-OH is 1. The van der Waals surface area contributed by atoms with Gasteiger partial charge in [0.2, 0.25) is 0 Å². The van der Waals surface area contributed by atoms with Gasteiger partial charge >= 0.3 is 6.18 Å². The largest absolute Gasteiger partial charge is 0.417 e. The van der Waals surface area contributed by atoms with Crippen LogP contribution in [0.3, 0.4) is 0 Å². The van der Waals surface area contributed by atoms with Gasteiger partial charge in [-0.2, -0.15) is 23.4 Å². The first-order valence-electron chi connectivity index (χ1n) is 12.3. The van der Waals surface area contributed by atoms with E-state index in [0.29, 0.717) is 35.7 Å². The third-order valence-corrected chi connectivity index (χ3v) is 6.23. The van der Waals surface area contributed by atoms with Crippen molar-refractivity contribution < 1.29 is 27.5 Å². The van der Waals surface area contributed by atoms with E-state index in [0.717, 1.165) is 11.6 Å². The van der Waals surface area contributed by atoms with Crippen LogP contribution in [0.4, 0.5) is 23.4 Å². The number of nitrogens with one attached hydrogen (secondary N) is 2. The second kappa shape index (κ2) is 10.9. The third kappa shape index (κ3) is 5.44. The summed E-state index contributed by atoms with van der Waals surface area (Å²) in [5, 5.41) is 23.9. The molecule has 0 aliphatic carbocycles.